The van der Waals surface area contributed by atoms with Gasteiger partial charge in [-0.3, -0.25) is 9.79 Å². The summed E-state index contributed by atoms with van der Waals surface area (Å²) in [4.78, 5) is 16.3. The summed E-state index contributed by atoms with van der Waals surface area (Å²) in [5.41, 5.74) is 1.12. The average molecular weight is 420 g/mol. The van der Waals surface area contributed by atoms with Crippen LogP contribution in [0.1, 0.15) is 28.9 Å². The van der Waals surface area contributed by atoms with Crippen molar-refractivity contribution in [1.82, 2.24) is 16.0 Å². The van der Waals surface area contributed by atoms with Gasteiger partial charge in [-0.2, -0.15) is 8.78 Å². The van der Waals surface area contributed by atoms with Crippen molar-refractivity contribution in [2.75, 3.05) is 26.2 Å². The molecule has 0 saturated carbocycles. The molecule has 9 heteroatoms. The Morgan fingerprint density at radius 3 is 2.33 bits per heavy atom. The van der Waals surface area contributed by atoms with Crippen LogP contribution in [0.25, 0.3) is 0 Å². The zero-order valence-corrected chi connectivity index (χ0v) is 16.6. The Morgan fingerprint density at radius 2 is 1.70 bits per heavy atom. The topological polar surface area (TPSA) is 95.0 Å². The minimum atomic E-state index is -2.89. The Kier molecular flexibility index (Phi) is 9.53. The highest BCUT2D eigenvalue weighted by molar-refractivity contribution is 5.94. The van der Waals surface area contributed by atoms with E-state index < -0.39 is 12.7 Å². The lowest BCUT2D eigenvalue weighted by atomic mass is 10.1. The van der Waals surface area contributed by atoms with Gasteiger partial charge in [-0.05, 0) is 36.8 Å². The lowest BCUT2D eigenvalue weighted by Gasteiger charge is -2.14. The quantitative estimate of drug-likeness (QED) is 0.269. The number of amides is 1. The fraction of sp³-hybridized carbons (Fsp3) is 0.333. The summed E-state index contributed by atoms with van der Waals surface area (Å²) in [6.45, 7) is 0.550. The molecule has 1 atom stereocenters. The predicted molar refractivity (Wildman–Crippen MR) is 111 cm³/mol. The SMILES string of the molecule is CCNC(=NCC(O)c1ccc(OC(F)F)cc1)NCCNC(=O)c1ccccc1. The molecule has 2 aromatic carbocycles. The first-order valence-electron chi connectivity index (χ1n) is 9.58. The summed E-state index contributed by atoms with van der Waals surface area (Å²) in [6.07, 6.45) is -0.904. The first kappa shape index (κ1) is 23.1. The van der Waals surface area contributed by atoms with Gasteiger partial charge in [-0.1, -0.05) is 30.3 Å². The summed E-state index contributed by atoms with van der Waals surface area (Å²) >= 11 is 0. The fourth-order valence-electron chi connectivity index (χ4n) is 2.54. The molecule has 0 aliphatic heterocycles. The minimum absolute atomic E-state index is 0.0250. The van der Waals surface area contributed by atoms with Crippen molar-refractivity contribution in [1.29, 1.82) is 0 Å². The van der Waals surface area contributed by atoms with Crippen molar-refractivity contribution in [3.8, 4) is 5.75 Å². The molecule has 0 aliphatic carbocycles. The van der Waals surface area contributed by atoms with Gasteiger partial charge in [0.15, 0.2) is 5.96 Å². The number of halogens is 2. The van der Waals surface area contributed by atoms with Gasteiger partial charge in [0.1, 0.15) is 5.75 Å². The third-order valence-corrected chi connectivity index (χ3v) is 4.00. The van der Waals surface area contributed by atoms with Crippen molar-refractivity contribution in [2.24, 2.45) is 4.99 Å². The maximum atomic E-state index is 12.2. The molecule has 1 amide bonds. The van der Waals surface area contributed by atoms with Crippen LogP contribution in [0, 0.1) is 0 Å². The van der Waals surface area contributed by atoms with Crippen molar-refractivity contribution < 1.29 is 23.4 Å². The molecular weight excluding hydrogens is 394 g/mol. The second-order valence-corrected chi connectivity index (χ2v) is 6.23. The number of nitrogens with one attached hydrogen (secondary N) is 3. The monoisotopic (exact) mass is 420 g/mol. The van der Waals surface area contributed by atoms with Gasteiger partial charge in [0.25, 0.3) is 5.91 Å². The summed E-state index contributed by atoms with van der Waals surface area (Å²) in [5, 5.41) is 19.2. The Hall–Kier alpha value is -3.20. The highest BCUT2D eigenvalue weighted by atomic mass is 19.3. The highest BCUT2D eigenvalue weighted by Crippen LogP contribution is 2.19. The molecule has 0 bridgehead atoms. The summed E-state index contributed by atoms with van der Waals surface area (Å²) < 4.78 is 28.7. The second kappa shape index (κ2) is 12.4. The Morgan fingerprint density at radius 1 is 1.03 bits per heavy atom. The van der Waals surface area contributed by atoms with E-state index in [1.165, 1.54) is 24.3 Å². The number of aliphatic hydroxyl groups is 1. The number of benzene rings is 2. The summed E-state index contributed by atoms with van der Waals surface area (Å²) in [6, 6.07) is 14.7. The first-order valence-corrected chi connectivity index (χ1v) is 9.58. The number of guanidine groups is 1. The first-order chi connectivity index (χ1) is 14.5. The van der Waals surface area contributed by atoms with Crippen LogP contribution >= 0.6 is 0 Å². The normalized spacial score (nSPS) is 12.4. The van der Waals surface area contributed by atoms with E-state index in [9.17, 15) is 18.7 Å². The van der Waals surface area contributed by atoms with Gasteiger partial charge < -0.3 is 25.8 Å². The fourth-order valence-corrected chi connectivity index (χ4v) is 2.54. The van der Waals surface area contributed by atoms with Gasteiger partial charge >= 0.3 is 6.61 Å². The minimum Gasteiger partial charge on any atom is -0.435 e. The number of aliphatic hydroxyl groups excluding tert-OH is 1. The van der Waals surface area contributed by atoms with Crippen LogP contribution in [0.5, 0.6) is 5.75 Å². The van der Waals surface area contributed by atoms with E-state index in [-0.39, 0.29) is 18.2 Å². The van der Waals surface area contributed by atoms with Gasteiger partial charge in [0.05, 0.1) is 12.6 Å². The van der Waals surface area contributed by atoms with Gasteiger partial charge in [0, 0.05) is 25.2 Å². The number of hydrogen-bond donors (Lipinski definition) is 4. The van der Waals surface area contributed by atoms with Crippen LogP contribution in [0.3, 0.4) is 0 Å². The number of ether oxygens (including phenoxy) is 1. The van der Waals surface area contributed by atoms with Crippen molar-refractivity contribution in [3.63, 3.8) is 0 Å². The number of alkyl halides is 2. The molecule has 0 fully saturated rings. The van der Waals surface area contributed by atoms with Crippen molar-refractivity contribution >= 4 is 11.9 Å². The van der Waals surface area contributed by atoms with Crippen molar-refractivity contribution in [3.05, 3.63) is 65.7 Å². The maximum Gasteiger partial charge on any atom is 0.387 e. The van der Waals surface area contributed by atoms with Gasteiger partial charge in [-0.25, -0.2) is 0 Å². The average Bonchev–Trinajstić information content (AvgIpc) is 2.75. The number of aliphatic imine (C=N–C) groups is 1. The van der Waals surface area contributed by atoms with E-state index in [0.717, 1.165) is 0 Å². The molecule has 30 heavy (non-hydrogen) atoms. The van der Waals surface area contributed by atoms with Crippen LogP contribution in [0.4, 0.5) is 8.78 Å². The Bertz CT molecular complexity index is 802. The molecule has 0 spiro atoms. The summed E-state index contributed by atoms with van der Waals surface area (Å²) in [7, 11) is 0. The largest absolute Gasteiger partial charge is 0.435 e. The molecule has 4 N–H and O–H groups in total. The Labute approximate surface area is 174 Å². The van der Waals surface area contributed by atoms with Gasteiger partial charge in [-0.15, -0.1) is 0 Å². The summed E-state index contributed by atoms with van der Waals surface area (Å²) in [5.74, 6) is 0.356. The third-order valence-electron chi connectivity index (χ3n) is 4.00. The number of carbonyl (C=O) groups is 1. The molecule has 1 unspecified atom stereocenters. The zero-order valence-electron chi connectivity index (χ0n) is 16.6. The van der Waals surface area contributed by atoms with E-state index in [0.29, 0.717) is 36.7 Å². The number of nitrogens with zero attached hydrogens (tertiary/aromatic N) is 1. The molecule has 2 rings (SSSR count). The predicted octanol–water partition coefficient (Wildman–Crippen LogP) is 2.31. The molecule has 0 saturated heterocycles. The zero-order chi connectivity index (χ0) is 21.8. The van der Waals surface area contributed by atoms with Gasteiger partial charge in [0.2, 0.25) is 0 Å². The molecule has 162 valence electrons. The van der Waals surface area contributed by atoms with E-state index in [2.05, 4.69) is 25.7 Å². The van der Waals surface area contributed by atoms with Crippen LogP contribution in [0.15, 0.2) is 59.6 Å². The molecule has 0 aliphatic rings. The maximum absolute atomic E-state index is 12.2. The lowest BCUT2D eigenvalue weighted by Crippen LogP contribution is -2.41. The second-order valence-electron chi connectivity index (χ2n) is 6.23. The van der Waals surface area contributed by atoms with Crippen LogP contribution < -0.4 is 20.7 Å². The lowest BCUT2D eigenvalue weighted by molar-refractivity contribution is -0.0498. The number of carbonyl (C=O) groups excluding carboxylic acids is 1. The molecule has 0 aromatic heterocycles. The smallest absolute Gasteiger partial charge is 0.387 e. The third kappa shape index (κ3) is 8.04. The van der Waals surface area contributed by atoms with E-state index in [4.69, 9.17) is 0 Å². The van der Waals surface area contributed by atoms with E-state index >= 15 is 0 Å². The van der Waals surface area contributed by atoms with Crippen LogP contribution in [-0.2, 0) is 0 Å². The molecule has 0 radical (unpaired) electrons. The molecular formula is C21H26F2N4O3. The van der Waals surface area contributed by atoms with E-state index in [1.54, 1.807) is 24.3 Å². The molecule has 7 nitrogen and oxygen atoms in total. The van der Waals surface area contributed by atoms with Crippen molar-refractivity contribution in [2.45, 2.75) is 19.6 Å². The van der Waals surface area contributed by atoms with E-state index in [1.807, 2.05) is 13.0 Å². The number of hydrogen-bond acceptors (Lipinski definition) is 4. The van der Waals surface area contributed by atoms with Crippen LogP contribution in [0.2, 0.25) is 0 Å². The standard InChI is InChI=1S/C21H26F2N4O3/c1-2-24-21(26-13-12-25-19(29)16-6-4-3-5-7-16)27-14-18(28)15-8-10-17(11-9-15)30-20(22)23/h3-11,18,20,28H,2,12-14H2,1H3,(H,25,29)(H2,24,26,27). The Balaban J connectivity index is 1.80. The molecule has 0 heterocycles. The molecule has 2 aromatic rings. The van der Waals surface area contributed by atoms with Crippen LogP contribution in [-0.4, -0.2) is 49.8 Å². The highest BCUT2D eigenvalue weighted by Gasteiger charge is 2.10. The number of rotatable bonds is 10.